The Morgan fingerprint density at radius 2 is 2.00 bits per heavy atom. The lowest BCUT2D eigenvalue weighted by molar-refractivity contribution is -0.152. The summed E-state index contributed by atoms with van der Waals surface area (Å²) in [5.74, 6) is -0.293. The molecule has 0 fully saturated rings. The smallest absolute Gasteiger partial charge is 0.332 e. The molecule has 4 nitrogen and oxygen atoms in total. The van der Waals surface area contributed by atoms with Gasteiger partial charge in [-0.15, -0.1) is 0 Å². The fourth-order valence-corrected chi connectivity index (χ4v) is 0.978. The molecule has 0 heterocycles. The maximum Gasteiger partial charge on any atom is 0.332 e. The summed E-state index contributed by atoms with van der Waals surface area (Å²) in [5.41, 5.74) is 5.33. The molecule has 0 amide bonds. The third-order valence-electron chi connectivity index (χ3n) is 1.58. The standard InChI is InChI=1S/C10H21NO3/c1-9(2)14-10(12)8-13-7-5-3-4-6-11/h9H,3-8,11H2,1-2H3. The molecule has 0 aliphatic rings. The maximum absolute atomic E-state index is 11.0. The zero-order valence-electron chi connectivity index (χ0n) is 9.12. The van der Waals surface area contributed by atoms with Gasteiger partial charge < -0.3 is 15.2 Å². The lowest BCUT2D eigenvalue weighted by Gasteiger charge is -2.07. The topological polar surface area (TPSA) is 61.5 Å². The monoisotopic (exact) mass is 203 g/mol. The van der Waals surface area contributed by atoms with Gasteiger partial charge in [-0.2, -0.15) is 0 Å². The van der Waals surface area contributed by atoms with Gasteiger partial charge in [-0.05, 0) is 39.7 Å². The van der Waals surface area contributed by atoms with Crippen molar-refractivity contribution in [2.75, 3.05) is 19.8 Å². The fourth-order valence-electron chi connectivity index (χ4n) is 0.978. The molecule has 0 spiro atoms. The zero-order valence-corrected chi connectivity index (χ0v) is 9.12. The second kappa shape index (κ2) is 8.97. The Balaban J connectivity index is 3.15. The summed E-state index contributed by atoms with van der Waals surface area (Å²) in [4.78, 5) is 11.0. The molecule has 0 aliphatic heterocycles. The summed E-state index contributed by atoms with van der Waals surface area (Å²) >= 11 is 0. The molecule has 0 aromatic heterocycles. The van der Waals surface area contributed by atoms with Crippen molar-refractivity contribution in [3.8, 4) is 0 Å². The van der Waals surface area contributed by atoms with Gasteiger partial charge in [-0.3, -0.25) is 0 Å². The van der Waals surface area contributed by atoms with Crippen molar-refractivity contribution in [1.29, 1.82) is 0 Å². The van der Waals surface area contributed by atoms with E-state index in [9.17, 15) is 4.79 Å². The number of rotatable bonds is 8. The molecule has 0 aliphatic carbocycles. The third-order valence-corrected chi connectivity index (χ3v) is 1.58. The van der Waals surface area contributed by atoms with Gasteiger partial charge in [0.05, 0.1) is 6.10 Å². The largest absolute Gasteiger partial charge is 0.461 e. The number of hydrogen-bond acceptors (Lipinski definition) is 4. The van der Waals surface area contributed by atoms with E-state index in [4.69, 9.17) is 15.2 Å². The van der Waals surface area contributed by atoms with Crippen molar-refractivity contribution in [2.45, 2.75) is 39.2 Å². The van der Waals surface area contributed by atoms with Gasteiger partial charge in [-0.25, -0.2) is 4.79 Å². The summed E-state index contributed by atoms with van der Waals surface area (Å²) < 4.78 is 10.0. The molecule has 0 saturated carbocycles. The summed E-state index contributed by atoms with van der Waals surface area (Å²) in [6.45, 7) is 5.02. The molecule has 0 saturated heterocycles. The van der Waals surface area contributed by atoms with E-state index in [1.807, 2.05) is 13.8 Å². The number of esters is 1. The zero-order chi connectivity index (χ0) is 10.8. The minimum atomic E-state index is -0.293. The highest BCUT2D eigenvalue weighted by Gasteiger charge is 2.04. The van der Waals surface area contributed by atoms with Gasteiger partial charge in [0.2, 0.25) is 0 Å². The van der Waals surface area contributed by atoms with Crippen LogP contribution in [0, 0.1) is 0 Å². The molecule has 4 heteroatoms. The molecule has 14 heavy (non-hydrogen) atoms. The third kappa shape index (κ3) is 9.48. The Morgan fingerprint density at radius 1 is 1.29 bits per heavy atom. The molecule has 0 unspecified atom stereocenters. The Hall–Kier alpha value is -0.610. The van der Waals surface area contributed by atoms with Crippen LogP contribution in [0.25, 0.3) is 0 Å². The van der Waals surface area contributed by atoms with Gasteiger partial charge in [0, 0.05) is 6.61 Å². The molecule has 0 bridgehead atoms. The molecule has 0 radical (unpaired) electrons. The molecular weight excluding hydrogens is 182 g/mol. The van der Waals surface area contributed by atoms with E-state index < -0.39 is 0 Å². The lowest BCUT2D eigenvalue weighted by atomic mass is 10.2. The number of nitrogens with two attached hydrogens (primary N) is 1. The van der Waals surface area contributed by atoms with Crippen LogP contribution < -0.4 is 5.73 Å². The van der Waals surface area contributed by atoms with Gasteiger partial charge in [0.15, 0.2) is 0 Å². The number of unbranched alkanes of at least 4 members (excludes halogenated alkanes) is 2. The molecule has 0 rings (SSSR count). The van der Waals surface area contributed by atoms with Crippen molar-refractivity contribution in [2.24, 2.45) is 5.73 Å². The van der Waals surface area contributed by atoms with Crippen LogP contribution in [-0.2, 0) is 14.3 Å². The normalized spacial score (nSPS) is 10.6. The molecule has 0 aromatic carbocycles. The Bertz CT molecular complexity index is 148. The number of ether oxygens (including phenoxy) is 2. The first kappa shape index (κ1) is 13.4. The molecule has 0 atom stereocenters. The van der Waals surface area contributed by atoms with Gasteiger partial charge >= 0.3 is 5.97 Å². The SMILES string of the molecule is CC(C)OC(=O)COCCCCCN. The van der Waals surface area contributed by atoms with Crippen molar-refractivity contribution >= 4 is 5.97 Å². The average Bonchev–Trinajstić information content (AvgIpc) is 2.10. The van der Waals surface area contributed by atoms with Gasteiger partial charge in [-0.1, -0.05) is 0 Å². The predicted octanol–water partition coefficient (Wildman–Crippen LogP) is 1.08. The lowest BCUT2D eigenvalue weighted by Crippen LogP contribution is -2.17. The van der Waals surface area contributed by atoms with Crippen LogP contribution in [0.1, 0.15) is 33.1 Å². The molecular formula is C10H21NO3. The fraction of sp³-hybridized carbons (Fsp3) is 0.900. The highest BCUT2D eigenvalue weighted by atomic mass is 16.6. The van der Waals surface area contributed by atoms with E-state index in [0.717, 1.165) is 25.8 Å². The summed E-state index contributed by atoms with van der Waals surface area (Å²) in [5, 5.41) is 0. The molecule has 2 N–H and O–H groups in total. The first-order valence-corrected chi connectivity index (χ1v) is 5.14. The van der Waals surface area contributed by atoms with E-state index in [1.165, 1.54) is 0 Å². The highest BCUT2D eigenvalue weighted by Crippen LogP contribution is 1.95. The van der Waals surface area contributed by atoms with E-state index in [-0.39, 0.29) is 18.7 Å². The summed E-state index contributed by atoms with van der Waals surface area (Å²) in [6, 6.07) is 0. The Labute approximate surface area is 85.8 Å². The first-order valence-electron chi connectivity index (χ1n) is 5.14. The second-order valence-electron chi connectivity index (χ2n) is 3.44. The van der Waals surface area contributed by atoms with E-state index >= 15 is 0 Å². The number of carbonyl (C=O) groups excluding carboxylic acids is 1. The minimum Gasteiger partial charge on any atom is -0.461 e. The number of carbonyl (C=O) groups is 1. The Morgan fingerprint density at radius 3 is 2.57 bits per heavy atom. The van der Waals surface area contributed by atoms with Crippen LogP contribution in [0.2, 0.25) is 0 Å². The maximum atomic E-state index is 11.0. The van der Waals surface area contributed by atoms with E-state index in [0.29, 0.717) is 6.61 Å². The molecule has 0 aromatic rings. The van der Waals surface area contributed by atoms with E-state index in [2.05, 4.69) is 0 Å². The van der Waals surface area contributed by atoms with Crippen LogP contribution in [-0.4, -0.2) is 31.8 Å². The summed E-state index contributed by atoms with van der Waals surface area (Å²) in [6.07, 6.45) is 2.95. The van der Waals surface area contributed by atoms with Crippen LogP contribution in [0.15, 0.2) is 0 Å². The van der Waals surface area contributed by atoms with Crippen molar-refractivity contribution in [3.63, 3.8) is 0 Å². The van der Waals surface area contributed by atoms with Gasteiger partial charge in [0.25, 0.3) is 0 Å². The van der Waals surface area contributed by atoms with Crippen molar-refractivity contribution in [1.82, 2.24) is 0 Å². The highest BCUT2D eigenvalue weighted by molar-refractivity contribution is 5.70. The second-order valence-corrected chi connectivity index (χ2v) is 3.44. The average molecular weight is 203 g/mol. The predicted molar refractivity (Wildman–Crippen MR) is 55.0 cm³/mol. The van der Waals surface area contributed by atoms with Crippen LogP contribution in [0.5, 0.6) is 0 Å². The summed E-state index contributed by atoms with van der Waals surface area (Å²) in [7, 11) is 0. The number of hydrogen-bond donors (Lipinski definition) is 1. The van der Waals surface area contributed by atoms with Crippen molar-refractivity contribution < 1.29 is 14.3 Å². The molecule has 84 valence electrons. The van der Waals surface area contributed by atoms with E-state index in [1.54, 1.807) is 0 Å². The van der Waals surface area contributed by atoms with Gasteiger partial charge in [0.1, 0.15) is 6.61 Å². The van der Waals surface area contributed by atoms with Crippen LogP contribution >= 0.6 is 0 Å². The van der Waals surface area contributed by atoms with Crippen LogP contribution in [0.4, 0.5) is 0 Å². The van der Waals surface area contributed by atoms with Crippen LogP contribution in [0.3, 0.4) is 0 Å². The quantitative estimate of drug-likeness (QED) is 0.473. The Kier molecular flexibility index (Phi) is 8.57. The minimum absolute atomic E-state index is 0.0564. The van der Waals surface area contributed by atoms with Crippen molar-refractivity contribution in [3.05, 3.63) is 0 Å². The first-order chi connectivity index (χ1) is 6.66.